The van der Waals surface area contributed by atoms with Gasteiger partial charge in [-0.2, -0.15) is 0 Å². The van der Waals surface area contributed by atoms with Gasteiger partial charge in [-0.05, 0) is 18.2 Å². The number of carbonyl (C=O) groups excluding carboxylic acids is 1. The molecule has 0 bridgehead atoms. The van der Waals surface area contributed by atoms with Gasteiger partial charge in [0, 0.05) is 23.8 Å². The van der Waals surface area contributed by atoms with Crippen LogP contribution in [0.15, 0.2) is 48.0 Å². The van der Waals surface area contributed by atoms with Crippen molar-refractivity contribution in [3.8, 4) is 0 Å². The Morgan fingerprint density at radius 1 is 1.37 bits per heavy atom. The maximum Gasteiger partial charge on any atom is 0.242 e. The van der Waals surface area contributed by atoms with Crippen LogP contribution in [0, 0.1) is 0 Å². The van der Waals surface area contributed by atoms with Crippen LogP contribution in [0.4, 0.5) is 5.69 Å². The standard InChI is InChI=1S/C14H13ClN2OS/c15-11-14(18)17(12-5-2-1-3-6-12)9-4-7-13-16-8-10-19-13/h1-8,10H,9,11H2. The van der Waals surface area contributed by atoms with Crippen LogP contribution >= 0.6 is 22.9 Å². The van der Waals surface area contributed by atoms with E-state index in [1.807, 2.05) is 47.9 Å². The summed E-state index contributed by atoms with van der Waals surface area (Å²) in [5.41, 5.74) is 0.844. The van der Waals surface area contributed by atoms with Gasteiger partial charge in [0.25, 0.3) is 0 Å². The molecule has 5 heteroatoms. The van der Waals surface area contributed by atoms with Crippen molar-refractivity contribution < 1.29 is 4.79 Å². The third-order valence-corrected chi connectivity index (χ3v) is 3.45. The Bertz CT molecular complexity index is 540. The number of aromatic nitrogens is 1. The Kier molecular flexibility index (Phi) is 5.12. The number of hydrogen-bond acceptors (Lipinski definition) is 3. The second kappa shape index (κ2) is 7.07. The molecule has 98 valence electrons. The first-order valence-electron chi connectivity index (χ1n) is 5.78. The van der Waals surface area contributed by atoms with Gasteiger partial charge in [0.2, 0.25) is 5.91 Å². The van der Waals surface area contributed by atoms with Gasteiger partial charge in [-0.25, -0.2) is 4.98 Å². The number of hydrogen-bond donors (Lipinski definition) is 0. The fraction of sp³-hybridized carbons (Fsp3) is 0.143. The molecule has 0 atom stereocenters. The zero-order valence-corrected chi connectivity index (χ0v) is 11.8. The van der Waals surface area contributed by atoms with E-state index in [9.17, 15) is 4.79 Å². The zero-order chi connectivity index (χ0) is 13.5. The summed E-state index contributed by atoms with van der Waals surface area (Å²) in [7, 11) is 0. The molecule has 0 saturated heterocycles. The van der Waals surface area contributed by atoms with E-state index in [0.29, 0.717) is 6.54 Å². The molecule has 1 aromatic carbocycles. The van der Waals surface area contributed by atoms with Gasteiger partial charge >= 0.3 is 0 Å². The Balaban J connectivity index is 2.09. The maximum atomic E-state index is 11.9. The minimum absolute atomic E-state index is 0.0278. The first-order valence-corrected chi connectivity index (χ1v) is 7.20. The number of halogens is 1. The van der Waals surface area contributed by atoms with Crippen LogP contribution in [0.2, 0.25) is 0 Å². The van der Waals surface area contributed by atoms with Gasteiger partial charge in [-0.15, -0.1) is 22.9 Å². The Morgan fingerprint density at radius 3 is 2.79 bits per heavy atom. The van der Waals surface area contributed by atoms with Crippen LogP contribution < -0.4 is 4.90 Å². The van der Waals surface area contributed by atoms with Gasteiger partial charge in [0.15, 0.2) is 0 Å². The van der Waals surface area contributed by atoms with Crippen molar-refractivity contribution in [1.29, 1.82) is 0 Å². The fourth-order valence-electron chi connectivity index (χ4n) is 1.61. The molecule has 19 heavy (non-hydrogen) atoms. The molecular formula is C14H13ClN2OS. The van der Waals surface area contributed by atoms with E-state index in [-0.39, 0.29) is 11.8 Å². The van der Waals surface area contributed by atoms with E-state index in [0.717, 1.165) is 10.7 Å². The predicted octanol–water partition coefficient (Wildman–Crippen LogP) is 3.43. The van der Waals surface area contributed by atoms with E-state index in [1.54, 1.807) is 22.4 Å². The maximum absolute atomic E-state index is 11.9. The van der Waals surface area contributed by atoms with Crippen LogP contribution in [0.1, 0.15) is 5.01 Å². The molecule has 1 amide bonds. The molecule has 3 nitrogen and oxygen atoms in total. The summed E-state index contributed by atoms with van der Waals surface area (Å²) in [5, 5.41) is 2.84. The van der Waals surface area contributed by atoms with Gasteiger partial charge in [-0.3, -0.25) is 4.79 Å². The largest absolute Gasteiger partial charge is 0.308 e. The second-order valence-corrected chi connectivity index (χ2v) is 4.94. The third-order valence-electron chi connectivity index (χ3n) is 2.48. The van der Waals surface area contributed by atoms with Gasteiger partial charge < -0.3 is 4.90 Å². The summed E-state index contributed by atoms with van der Waals surface area (Å²) in [6, 6.07) is 9.49. The van der Waals surface area contributed by atoms with Crippen molar-refractivity contribution in [3.63, 3.8) is 0 Å². The lowest BCUT2D eigenvalue weighted by molar-refractivity contribution is -0.116. The van der Waals surface area contributed by atoms with Crippen molar-refractivity contribution >= 4 is 40.6 Å². The topological polar surface area (TPSA) is 33.2 Å². The smallest absolute Gasteiger partial charge is 0.242 e. The minimum atomic E-state index is -0.114. The average molecular weight is 293 g/mol. The lowest BCUT2D eigenvalue weighted by Gasteiger charge is -2.20. The number of nitrogens with zero attached hydrogens (tertiary/aromatic N) is 2. The highest BCUT2D eigenvalue weighted by Gasteiger charge is 2.12. The Morgan fingerprint density at radius 2 is 2.16 bits per heavy atom. The van der Waals surface area contributed by atoms with Crippen LogP contribution in [0.25, 0.3) is 6.08 Å². The monoisotopic (exact) mass is 292 g/mol. The summed E-state index contributed by atoms with van der Waals surface area (Å²) >= 11 is 7.21. The van der Waals surface area contributed by atoms with E-state index in [2.05, 4.69) is 4.98 Å². The van der Waals surface area contributed by atoms with Crippen LogP contribution in [0.5, 0.6) is 0 Å². The third kappa shape index (κ3) is 3.91. The Hall–Kier alpha value is -1.65. The normalized spacial score (nSPS) is 10.8. The minimum Gasteiger partial charge on any atom is -0.308 e. The van der Waals surface area contributed by atoms with Crippen molar-refractivity contribution in [2.24, 2.45) is 0 Å². The van der Waals surface area contributed by atoms with E-state index < -0.39 is 0 Å². The summed E-state index contributed by atoms with van der Waals surface area (Å²) in [5.74, 6) is -0.142. The molecule has 0 saturated carbocycles. The highest BCUT2D eigenvalue weighted by atomic mass is 35.5. The van der Waals surface area contributed by atoms with Crippen molar-refractivity contribution in [3.05, 3.63) is 53.0 Å². The molecule has 2 aromatic rings. The molecule has 0 aliphatic rings. The highest BCUT2D eigenvalue weighted by Crippen LogP contribution is 2.14. The number of para-hydroxylation sites is 1. The molecule has 0 fully saturated rings. The average Bonchev–Trinajstić information content (AvgIpc) is 2.97. The first kappa shape index (κ1) is 13.8. The number of alkyl halides is 1. The van der Waals surface area contributed by atoms with E-state index in [1.165, 1.54) is 0 Å². The molecule has 0 spiro atoms. The molecule has 0 aliphatic carbocycles. The summed E-state index contributed by atoms with van der Waals surface area (Å²) in [6.07, 6.45) is 5.57. The molecule has 0 radical (unpaired) electrons. The lowest BCUT2D eigenvalue weighted by atomic mass is 10.3. The summed E-state index contributed by atoms with van der Waals surface area (Å²) < 4.78 is 0. The van der Waals surface area contributed by atoms with Gasteiger partial charge in [0.1, 0.15) is 10.9 Å². The summed E-state index contributed by atoms with van der Waals surface area (Å²) in [4.78, 5) is 17.7. The van der Waals surface area contributed by atoms with Crippen LogP contribution in [-0.4, -0.2) is 23.3 Å². The number of amides is 1. The number of benzene rings is 1. The highest BCUT2D eigenvalue weighted by molar-refractivity contribution is 7.10. The van der Waals surface area contributed by atoms with Crippen molar-refractivity contribution in [2.75, 3.05) is 17.3 Å². The molecular weight excluding hydrogens is 280 g/mol. The predicted molar refractivity (Wildman–Crippen MR) is 80.7 cm³/mol. The van der Waals surface area contributed by atoms with Gasteiger partial charge in [0.05, 0.1) is 0 Å². The number of thiazole rings is 1. The lowest BCUT2D eigenvalue weighted by Crippen LogP contribution is -2.31. The van der Waals surface area contributed by atoms with Gasteiger partial charge in [-0.1, -0.05) is 24.3 Å². The molecule has 2 rings (SSSR count). The number of carbonyl (C=O) groups is 1. The first-order chi connectivity index (χ1) is 9.31. The van der Waals surface area contributed by atoms with Crippen LogP contribution in [0.3, 0.4) is 0 Å². The van der Waals surface area contributed by atoms with E-state index >= 15 is 0 Å². The quantitative estimate of drug-likeness (QED) is 0.791. The molecule has 0 N–H and O–H groups in total. The molecule has 1 aromatic heterocycles. The molecule has 1 heterocycles. The van der Waals surface area contributed by atoms with E-state index in [4.69, 9.17) is 11.6 Å². The Labute approximate surface area is 121 Å². The fourth-order valence-corrected chi connectivity index (χ4v) is 2.31. The summed E-state index contributed by atoms with van der Waals surface area (Å²) in [6.45, 7) is 0.481. The number of anilines is 1. The molecule has 0 aliphatic heterocycles. The number of rotatable bonds is 5. The second-order valence-electron chi connectivity index (χ2n) is 3.75. The van der Waals surface area contributed by atoms with Crippen molar-refractivity contribution in [1.82, 2.24) is 4.98 Å². The van der Waals surface area contributed by atoms with Crippen molar-refractivity contribution in [2.45, 2.75) is 0 Å². The zero-order valence-electron chi connectivity index (χ0n) is 10.2. The SMILES string of the molecule is O=C(CCl)N(CC=Cc1nccs1)c1ccccc1. The molecule has 0 unspecified atom stereocenters. The van der Waals surface area contributed by atoms with Crippen LogP contribution in [-0.2, 0) is 4.79 Å².